The van der Waals surface area contributed by atoms with Crippen molar-refractivity contribution in [3.05, 3.63) is 29.8 Å². The summed E-state index contributed by atoms with van der Waals surface area (Å²) in [4.78, 5) is 24.5. The maximum atomic E-state index is 12.6. The number of benzene rings is 1. The third-order valence-corrected chi connectivity index (χ3v) is 7.87. The van der Waals surface area contributed by atoms with E-state index < -0.39 is 11.5 Å². The Labute approximate surface area is 172 Å². The molecular formula is C23H31NO5. The molecule has 158 valence electrons. The third kappa shape index (κ3) is 3.41. The molecule has 0 unspecified atom stereocenters. The molecule has 0 bridgehead atoms. The standard InChI is InChI=1S/C23H31NO5/c1-14-4-6-15(7-5-14)24-21(27)29-19-10-11-22(2)16-12-20(26)28-17(16)8-9-18(22)23(19,3)13-25/h4-7,16-19,25H,8-13H2,1-3H3,(H,24,27)/t16-,17-,18+,19-,22+,23+/m1/s1. The first-order valence-electron chi connectivity index (χ1n) is 10.6. The van der Waals surface area contributed by atoms with Gasteiger partial charge in [-0.2, -0.15) is 0 Å². The second kappa shape index (κ2) is 7.31. The van der Waals surface area contributed by atoms with Gasteiger partial charge in [-0.15, -0.1) is 0 Å². The molecule has 1 aromatic rings. The summed E-state index contributed by atoms with van der Waals surface area (Å²) >= 11 is 0. The van der Waals surface area contributed by atoms with Crippen LogP contribution >= 0.6 is 0 Å². The molecule has 6 atom stereocenters. The molecule has 6 nitrogen and oxygen atoms in total. The molecule has 1 aliphatic heterocycles. The fraction of sp³-hybridized carbons (Fsp3) is 0.652. The summed E-state index contributed by atoms with van der Waals surface area (Å²) in [6.07, 6.45) is 2.79. The van der Waals surface area contributed by atoms with E-state index in [0.717, 1.165) is 24.8 Å². The van der Waals surface area contributed by atoms with Crippen molar-refractivity contribution in [2.45, 2.75) is 65.1 Å². The summed E-state index contributed by atoms with van der Waals surface area (Å²) in [7, 11) is 0. The largest absolute Gasteiger partial charge is 0.462 e. The average Bonchev–Trinajstić information content (AvgIpc) is 3.08. The fourth-order valence-corrected chi connectivity index (χ4v) is 6.20. The van der Waals surface area contributed by atoms with Gasteiger partial charge in [0, 0.05) is 17.0 Å². The lowest BCUT2D eigenvalue weighted by Gasteiger charge is -2.59. The first-order valence-corrected chi connectivity index (χ1v) is 10.6. The summed E-state index contributed by atoms with van der Waals surface area (Å²) in [6.45, 7) is 6.19. The van der Waals surface area contributed by atoms with E-state index >= 15 is 0 Å². The molecule has 6 heteroatoms. The molecule has 0 aromatic heterocycles. The van der Waals surface area contributed by atoms with E-state index in [0.29, 0.717) is 18.5 Å². The lowest BCUT2D eigenvalue weighted by molar-refractivity contribution is -0.174. The van der Waals surface area contributed by atoms with Gasteiger partial charge in [0.25, 0.3) is 0 Å². The fourth-order valence-electron chi connectivity index (χ4n) is 6.20. The van der Waals surface area contributed by atoms with Crippen LogP contribution in [0.5, 0.6) is 0 Å². The smallest absolute Gasteiger partial charge is 0.411 e. The van der Waals surface area contributed by atoms with Gasteiger partial charge in [-0.1, -0.05) is 31.5 Å². The summed E-state index contributed by atoms with van der Waals surface area (Å²) < 4.78 is 11.4. The number of aliphatic hydroxyl groups is 1. The molecule has 3 fully saturated rings. The van der Waals surface area contributed by atoms with Crippen molar-refractivity contribution in [1.29, 1.82) is 0 Å². The quantitative estimate of drug-likeness (QED) is 0.747. The molecule has 1 amide bonds. The highest BCUT2D eigenvalue weighted by molar-refractivity contribution is 5.84. The van der Waals surface area contributed by atoms with Crippen LogP contribution in [0, 0.1) is 29.6 Å². The van der Waals surface area contributed by atoms with Crippen LogP contribution in [0.15, 0.2) is 24.3 Å². The number of ether oxygens (including phenoxy) is 2. The van der Waals surface area contributed by atoms with E-state index in [1.54, 1.807) is 0 Å². The Morgan fingerprint density at radius 2 is 1.97 bits per heavy atom. The van der Waals surface area contributed by atoms with Crippen LogP contribution in [0.25, 0.3) is 0 Å². The predicted molar refractivity (Wildman–Crippen MR) is 108 cm³/mol. The molecule has 2 aliphatic carbocycles. The summed E-state index contributed by atoms with van der Waals surface area (Å²) in [5.74, 6) is 0.243. The van der Waals surface area contributed by atoms with Crippen LogP contribution in [-0.2, 0) is 14.3 Å². The number of aliphatic hydroxyl groups excluding tert-OH is 1. The molecule has 4 rings (SSSR count). The number of aryl methyl sites for hydroxylation is 1. The highest BCUT2D eigenvalue weighted by atomic mass is 16.6. The third-order valence-electron chi connectivity index (χ3n) is 7.87. The van der Waals surface area contributed by atoms with Crippen molar-refractivity contribution in [3.63, 3.8) is 0 Å². The molecule has 2 saturated carbocycles. The van der Waals surface area contributed by atoms with E-state index in [1.165, 1.54) is 0 Å². The van der Waals surface area contributed by atoms with Crippen molar-refractivity contribution < 1.29 is 24.2 Å². The number of anilines is 1. The Bertz CT molecular complexity index is 793. The van der Waals surface area contributed by atoms with Gasteiger partial charge in [-0.25, -0.2) is 4.79 Å². The van der Waals surface area contributed by atoms with Crippen molar-refractivity contribution in [3.8, 4) is 0 Å². The second-order valence-electron chi connectivity index (χ2n) is 9.56. The number of esters is 1. The molecule has 0 spiro atoms. The van der Waals surface area contributed by atoms with Gasteiger partial charge < -0.3 is 14.6 Å². The zero-order valence-electron chi connectivity index (χ0n) is 17.4. The van der Waals surface area contributed by atoms with Crippen molar-refractivity contribution in [2.24, 2.45) is 22.7 Å². The number of carbonyl (C=O) groups is 2. The van der Waals surface area contributed by atoms with Crippen LogP contribution < -0.4 is 5.32 Å². The van der Waals surface area contributed by atoms with Crippen LogP contribution in [0.4, 0.5) is 10.5 Å². The van der Waals surface area contributed by atoms with E-state index in [4.69, 9.17) is 9.47 Å². The Morgan fingerprint density at radius 1 is 1.24 bits per heavy atom. The molecule has 3 aliphatic rings. The van der Waals surface area contributed by atoms with E-state index in [9.17, 15) is 14.7 Å². The van der Waals surface area contributed by atoms with Gasteiger partial charge in [-0.3, -0.25) is 10.1 Å². The number of rotatable bonds is 3. The van der Waals surface area contributed by atoms with Crippen LogP contribution in [0.3, 0.4) is 0 Å². The summed E-state index contributed by atoms with van der Waals surface area (Å²) in [6, 6.07) is 7.56. The highest BCUT2D eigenvalue weighted by Crippen LogP contribution is 2.62. The maximum Gasteiger partial charge on any atom is 0.411 e. The minimum Gasteiger partial charge on any atom is -0.462 e. The van der Waals surface area contributed by atoms with Crippen molar-refractivity contribution >= 4 is 17.7 Å². The van der Waals surface area contributed by atoms with E-state index in [1.807, 2.05) is 38.1 Å². The van der Waals surface area contributed by atoms with Gasteiger partial charge >= 0.3 is 12.1 Å². The first kappa shape index (κ1) is 20.2. The zero-order chi connectivity index (χ0) is 20.8. The number of fused-ring (bicyclic) bond motifs is 3. The topological polar surface area (TPSA) is 84.9 Å². The number of amides is 1. The Hall–Kier alpha value is -2.08. The van der Waals surface area contributed by atoms with Crippen molar-refractivity contribution in [1.82, 2.24) is 0 Å². The zero-order valence-corrected chi connectivity index (χ0v) is 17.4. The summed E-state index contributed by atoms with van der Waals surface area (Å²) in [5.41, 5.74) is 1.16. The minimum absolute atomic E-state index is 0.00556. The molecule has 1 saturated heterocycles. The van der Waals surface area contributed by atoms with E-state index in [-0.39, 0.29) is 42.0 Å². The summed E-state index contributed by atoms with van der Waals surface area (Å²) in [5, 5.41) is 13.2. The van der Waals surface area contributed by atoms with Gasteiger partial charge in [0.15, 0.2) is 0 Å². The Balaban J connectivity index is 1.50. The molecular weight excluding hydrogens is 370 g/mol. The van der Waals surface area contributed by atoms with Crippen LogP contribution in [0.2, 0.25) is 0 Å². The van der Waals surface area contributed by atoms with Gasteiger partial charge in [0.2, 0.25) is 0 Å². The predicted octanol–water partition coefficient (Wildman–Crippen LogP) is 4.05. The first-order chi connectivity index (χ1) is 13.8. The molecule has 1 aromatic carbocycles. The lowest BCUT2D eigenvalue weighted by Crippen LogP contribution is -2.59. The number of hydrogen-bond acceptors (Lipinski definition) is 5. The van der Waals surface area contributed by atoms with Gasteiger partial charge in [-0.05, 0) is 56.1 Å². The van der Waals surface area contributed by atoms with Crippen LogP contribution in [-0.4, -0.2) is 36.0 Å². The van der Waals surface area contributed by atoms with Crippen molar-refractivity contribution in [2.75, 3.05) is 11.9 Å². The maximum absolute atomic E-state index is 12.6. The number of hydrogen-bond donors (Lipinski definition) is 2. The minimum atomic E-state index is -0.547. The monoisotopic (exact) mass is 401 g/mol. The second-order valence-corrected chi connectivity index (χ2v) is 9.56. The average molecular weight is 402 g/mol. The molecule has 0 radical (unpaired) electrons. The van der Waals surface area contributed by atoms with E-state index in [2.05, 4.69) is 12.2 Å². The van der Waals surface area contributed by atoms with Crippen LogP contribution in [0.1, 0.15) is 51.5 Å². The Kier molecular flexibility index (Phi) is 5.09. The molecule has 29 heavy (non-hydrogen) atoms. The molecule has 2 N–H and O–H groups in total. The lowest BCUT2D eigenvalue weighted by atomic mass is 9.46. The van der Waals surface area contributed by atoms with Gasteiger partial charge in [0.1, 0.15) is 12.2 Å². The van der Waals surface area contributed by atoms with Gasteiger partial charge in [0.05, 0.1) is 13.0 Å². The highest BCUT2D eigenvalue weighted by Gasteiger charge is 2.62. The number of carbonyl (C=O) groups excluding carboxylic acids is 2. The normalized spacial score (nSPS) is 38.6. The molecule has 1 heterocycles. The Morgan fingerprint density at radius 3 is 2.66 bits per heavy atom. The number of nitrogens with one attached hydrogen (secondary N) is 1. The SMILES string of the molecule is Cc1ccc(NC(=O)O[C@@H]2CC[C@]3(C)[C@H](CC[C@H]4OC(=O)C[C@H]43)[C@]2(C)CO)cc1.